The minimum atomic E-state index is -0.295. The summed E-state index contributed by atoms with van der Waals surface area (Å²) >= 11 is 3.41. The molecule has 3 nitrogen and oxygen atoms in total. The molecule has 0 aliphatic rings. The summed E-state index contributed by atoms with van der Waals surface area (Å²) in [5, 5.41) is 22.4. The zero-order valence-corrected chi connectivity index (χ0v) is 11.9. The van der Waals surface area contributed by atoms with Gasteiger partial charge in [0.25, 0.3) is 0 Å². The third-order valence-electron chi connectivity index (χ3n) is 2.73. The number of phenolic OH excluding ortho intramolecular Hbond substituents is 1. The van der Waals surface area contributed by atoms with Crippen LogP contribution >= 0.6 is 15.9 Å². The predicted octanol–water partition coefficient (Wildman–Crippen LogP) is 2.97. The van der Waals surface area contributed by atoms with Gasteiger partial charge < -0.3 is 15.5 Å². The number of hydrogen-bond acceptors (Lipinski definition) is 3. The zero-order chi connectivity index (χ0) is 12.8. The molecule has 0 spiro atoms. The Balaban J connectivity index is 2.68. The van der Waals surface area contributed by atoms with Crippen LogP contribution < -0.4 is 5.32 Å². The third kappa shape index (κ3) is 4.66. The number of aromatic hydroxyl groups is 1. The fourth-order valence-electron chi connectivity index (χ4n) is 1.75. The topological polar surface area (TPSA) is 52.5 Å². The van der Waals surface area contributed by atoms with E-state index in [1.807, 2.05) is 12.1 Å². The van der Waals surface area contributed by atoms with Crippen LogP contribution in [0.4, 0.5) is 0 Å². The van der Waals surface area contributed by atoms with Crippen LogP contribution in [0.15, 0.2) is 22.7 Å². The predicted molar refractivity (Wildman–Crippen MR) is 73.1 cm³/mol. The second-order valence-electron chi connectivity index (χ2n) is 4.26. The summed E-state index contributed by atoms with van der Waals surface area (Å²) in [7, 11) is 0. The van der Waals surface area contributed by atoms with Gasteiger partial charge in [0.15, 0.2) is 0 Å². The number of benzene rings is 1. The molecular formula is C13H20BrNO2. The maximum Gasteiger partial charge on any atom is 0.120 e. The molecule has 1 aromatic rings. The van der Waals surface area contributed by atoms with Crippen LogP contribution in [0, 0.1) is 0 Å². The van der Waals surface area contributed by atoms with E-state index in [0.717, 1.165) is 23.0 Å². The van der Waals surface area contributed by atoms with Gasteiger partial charge in [-0.25, -0.2) is 0 Å². The number of rotatable bonds is 6. The van der Waals surface area contributed by atoms with Crippen molar-refractivity contribution in [3.63, 3.8) is 0 Å². The van der Waals surface area contributed by atoms with Crippen LogP contribution in [0.5, 0.6) is 5.75 Å². The van der Waals surface area contributed by atoms with Crippen LogP contribution in [-0.2, 0) is 0 Å². The Bertz CT molecular complexity index is 355. The SMILES string of the molecule is CCC(NCCC(C)O)c1cc(Br)ccc1O. The fraction of sp³-hybridized carbons (Fsp3) is 0.538. The molecule has 0 bridgehead atoms. The summed E-state index contributed by atoms with van der Waals surface area (Å²) in [5.74, 6) is 0.310. The highest BCUT2D eigenvalue weighted by Gasteiger charge is 2.13. The van der Waals surface area contributed by atoms with Crippen molar-refractivity contribution in [2.24, 2.45) is 0 Å². The van der Waals surface area contributed by atoms with E-state index in [1.165, 1.54) is 0 Å². The minimum Gasteiger partial charge on any atom is -0.508 e. The number of nitrogens with one attached hydrogen (secondary N) is 1. The van der Waals surface area contributed by atoms with Crippen LogP contribution in [-0.4, -0.2) is 22.9 Å². The Kier molecular flexibility index (Phi) is 5.95. The number of hydrogen-bond donors (Lipinski definition) is 3. The highest BCUT2D eigenvalue weighted by atomic mass is 79.9. The molecule has 0 amide bonds. The molecule has 2 atom stereocenters. The van der Waals surface area contributed by atoms with E-state index in [4.69, 9.17) is 0 Å². The maximum absolute atomic E-state index is 9.83. The van der Waals surface area contributed by atoms with E-state index < -0.39 is 0 Å². The lowest BCUT2D eigenvalue weighted by Crippen LogP contribution is -2.24. The van der Waals surface area contributed by atoms with Gasteiger partial charge in [-0.15, -0.1) is 0 Å². The van der Waals surface area contributed by atoms with Crippen molar-refractivity contribution in [2.45, 2.75) is 38.8 Å². The lowest BCUT2D eigenvalue weighted by molar-refractivity contribution is 0.182. The lowest BCUT2D eigenvalue weighted by Gasteiger charge is -2.19. The van der Waals surface area contributed by atoms with E-state index in [0.29, 0.717) is 12.2 Å². The van der Waals surface area contributed by atoms with Crippen molar-refractivity contribution >= 4 is 15.9 Å². The van der Waals surface area contributed by atoms with Gasteiger partial charge in [0.05, 0.1) is 6.10 Å². The van der Waals surface area contributed by atoms with E-state index in [-0.39, 0.29) is 12.1 Å². The number of phenols is 1. The molecule has 0 aliphatic carbocycles. The molecule has 1 rings (SSSR count). The molecule has 0 saturated carbocycles. The van der Waals surface area contributed by atoms with Crippen LogP contribution in [0.2, 0.25) is 0 Å². The average molecular weight is 302 g/mol. The molecule has 17 heavy (non-hydrogen) atoms. The molecule has 0 heterocycles. The summed E-state index contributed by atoms with van der Waals surface area (Å²) < 4.78 is 0.959. The Morgan fingerprint density at radius 3 is 2.71 bits per heavy atom. The van der Waals surface area contributed by atoms with E-state index in [9.17, 15) is 10.2 Å². The first-order valence-electron chi connectivity index (χ1n) is 5.94. The van der Waals surface area contributed by atoms with Crippen molar-refractivity contribution < 1.29 is 10.2 Å². The largest absolute Gasteiger partial charge is 0.508 e. The Labute approximate surface area is 111 Å². The molecule has 0 aromatic heterocycles. The van der Waals surface area contributed by atoms with E-state index >= 15 is 0 Å². The van der Waals surface area contributed by atoms with Gasteiger partial charge >= 0.3 is 0 Å². The summed E-state index contributed by atoms with van der Waals surface area (Å²) in [6.07, 6.45) is 1.31. The molecule has 0 aliphatic heterocycles. The quantitative estimate of drug-likeness (QED) is 0.757. The number of halogens is 1. The normalized spacial score (nSPS) is 14.6. The molecule has 1 aromatic carbocycles. The zero-order valence-electron chi connectivity index (χ0n) is 10.3. The van der Waals surface area contributed by atoms with Gasteiger partial charge in [0.1, 0.15) is 5.75 Å². The second kappa shape index (κ2) is 6.99. The van der Waals surface area contributed by atoms with Crippen molar-refractivity contribution in [3.05, 3.63) is 28.2 Å². The summed E-state index contributed by atoms with van der Waals surface area (Å²) in [6, 6.07) is 5.56. The third-order valence-corrected chi connectivity index (χ3v) is 3.22. The fourth-order valence-corrected chi connectivity index (χ4v) is 2.12. The molecule has 0 saturated heterocycles. The average Bonchev–Trinajstić information content (AvgIpc) is 2.28. The number of aliphatic hydroxyl groups is 1. The van der Waals surface area contributed by atoms with Gasteiger partial charge in [0.2, 0.25) is 0 Å². The minimum absolute atomic E-state index is 0.117. The standard InChI is InChI=1S/C13H20BrNO2/c1-3-12(15-7-6-9(2)16)11-8-10(14)4-5-13(11)17/h4-5,8-9,12,15-17H,3,6-7H2,1-2H3. The van der Waals surface area contributed by atoms with Gasteiger partial charge in [-0.05, 0) is 44.5 Å². The Hall–Kier alpha value is -0.580. The maximum atomic E-state index is 9.83. The van der Waals surface area contributed by atoms with Crippen molar-refractivity contribution in [1.82, 2.24) is 5.32 Å². The summed E-state index contributed by atoms with van der Waals surface area (Å²) in [6.45, 7) is 4.59. The first kappa shape index (κ1) is 14.5. The summed E-state index contributed by atoms with van der Waals surface area (Å²) in [4.78, 5) is 0. The monoisotopic (exact) mass is 301 g/mol. The van der Waals surface area contributed by atoms with E-state index in [1.54, 1.807) is 13.0 Å². The lowest BCUT2D eigenvalue weighted by atomic mass is 10.0. The van der Waals surface area contributed by atoms with Gasteiger partial charge in [-0.1, -0.05) is 22.9 Å². The Morgan fingerprint density at radius 1 is 1.41 bits per heavy atom. The first-order chi connectivity index (χ1) is 8.04. The van der Waals surface area contributed by atoms with Crippen LogP contribution in [0.3, 0.4) is 0 Å². The van der Waals surface area contributed by atoms with Crippen LogP contribution in [0.1, 0.15) is 38.3 Å². The molecule has 0 radical (unpaired) electrons. The van der Waals surface area contributed by atoms with Crippen molar-refractivity contribution in [2.75, 3.05) is 6.54 Å². The molecule has 2 unspecified atom stereocenters. The van der Waals surface area contributed by atoms with Gasteiger partial charge in [-0.3, -0.25) is 0 Å². The first-order valence-corrected chi connectivity index (χ1v) is 6.73. The number of aliphatic hydroxyl groups excluding tert-OH is 1. The molecule has 4 heteroatoms. The summed E-state index contributed by atoms with van der Waals surface area (Å²) in [5.41, 5.74) is 0.896. The van der Waals surface area contributed by atoms with Gasteiger partial charge in [0, 0.05) is 16.1 Å². The highest BCUT2D eigenvalue weighted by Crippen LogP contribution is 2.29. The van der Waals surface area contributed by atoms with Crippen molar-refractivity contribution in [1.29, 1.82) is 0 Å². The second-order valence-corrected chi connectivity index (χ2v) is 5.17. The molecular weight excluding hydrogens is 282 g/mol. The highest BCUT2D eigenvalue weighted by molar-refractivity contribution is 9.10. The molecule has 96 valence electrons. The van der Waals surface area contributed by atoms with Crippen molar-refractivity contribution in [3.8, 4) is 5.75 Å². The molecule has 3 N–H and O–H groups in total. The Morgan fingerprint density at radius 2 is 2.12 bits per heavy atom. The smallest absolute Gasteiger partial charge is 0.120 e. The van der Waals surface area contributed by atoms with Gasteiger partial charge in [-0.2, -0.15) is 0 Å². The molecule has 0 fully saturated rings. The van der Waals surface area contributed by atoms with Crippen LogP contribution in [0.25, 0.3) is 0 Å². The van der Waals surface area contributed by atoms with E-state index in [2.05, 4.69) is 28.2 Å².